The van der Waals surface area contributed by atoms with Gasteiger partial charge in [0, 0.05) is 29.4 Å². The first kappa shape index (κ1) is 20.7. The van der Waals surface area contributed by atoms with Crippen molar-refractivity contribution in [3.63, 3.8) is 0 Å². The van der Waals surface area contributed by atoms with Gasteiger partial charge in [0.25, 0.3) is 5.91 Å². The van der Waals surface area contributed by atoms with Crippen LogP contribution in [0.15, 0.2) is 42.5 Å². The van der Waals surface area contributed by atoms with E-state index in [9.17, 15) is 15.2 Å². The van der Waals surface area contributed by atoms with Crippen LogP contribution in [0.25, 0.3) is 0 Å². The predicted octanol–water partition coefficient (Wildman–Crippen LogP) is 3.27. The summed E-state index contributed by atoms with van der Waals surface area (Å²) in [5.41, 5.74) is 0.908. The molecule has 0 heterocycles. The van der Waals surface area contributed by atoms with Crippen molar-refractivity contribution < 1.29 is 19.5 Å². The second kappa shape index (κ2) is 9.36. The Morgan fingerprint density at radius 1 is 1.04 bits per heavy atom. The highest BCUT2D eigenvalue weighted by Gasteiger charge is 2.12. The Morgan fingerprint density at radius 3 is 2.22 bits per heavy atom. The molecule has 146 valence electrons. The van der Waals surface area contributed by atoms with Gasteiger partial charge in [-0.25, -0.2) is 0 Å². The van der Waals surface area contributed by atoms with Crippen LogP contribution in [0.5, 0.6) is 11.5 Å². The molecule has 7 heteroatoms. The number of hydrogen-bond acceptors (Lipinski definition) is 5. The van der Waals surface area contributed by atoms with Crippen molar-refractivity contribution in [2.75, 3.05) is 11.9 Å². The van der Waals surface area contributed by atoms with Gasteiger partial charge in [0.1, 0.15) is 17.2 Å². The second-order valence-corrected chi connectivity index (χ2v) is 6.88. The molecule has 0 aliphatic heterocycles. The van der Waals surface area contributed by atoms with Gasteiger partial charge in [0.05, 0.1) is 12.7 Å². The van der Waals surface area contributed by atoms with E-state index in [4.69, 9.17) is 9.47 Å². The fourth-order valence-corrected chi connectivity index (χ4v) is 2.28. The number of carbonyl (C=O) groups excluding carboxylic acids is 1. The number of anilines is 1. The maximum absolute atomic E-state index is 12.6. The summed E-state index contributed by atoms with van der Waals surface area (Å²) in [6.45, 7) is 8.41. The molecule has 2 aromatic carbocycles. The minimum absolute atomic E-state index is 0.0431. The maximum atomic E-state index is 12.6. The van der Waals surface area contributed by atoms with Crippen LogP contribution in [0.3, 0.4) is 0 Å². The van der Waals surface area contributed by atoms with E-state index in [1.54, 1.807) is 18.2 Å². The highest BCUT2D eigenvalue weighted by Crippen LogP contribution is 2.25. The summed E-state index contributed by atoms with van der Waals surface area (Å²) in [5.74, 6) is 1.10. The van der Waals surface area contributed by atoms with Crippen molar-refractivity contribution in [1.29, 1.82) is 0 Å². The molecule has 0 saturated heterocycles. The van der Waals surface area contributed by atoms with Crippen molar-refractivity contribution in [3.05, 3.63) is 58.4 Å². The van der Waals surface area contributed by atoms with Crippen molar-refractivity contribution in [2.45, 2.75) is 33.8 Å². The van der Waals surface area contributed by atoms with Crippen molar-refractivity contribution in [3.8, 4) is 11.5 Å². The van der Waals surface area contributed by atoms with Crippen LogP contribution in [-0.2, 0) is 0 Å². The highest BCUT2D eigenvalue weighted by atomic mass is 16.8. The monoisotopic (exact) mass is 373 g/mol. The second-order valence-electron chi connectivity index (χ2n) is 6.88. The molecule has 0 radical (unpaired) electrons. The van der Waals surface area contributed by atoms with Crippen molar-refractivity contribution in [1.82, 2.24) is 0 Å². The number of nitrogens with one attached hydrogen (secondary N) is 2. The van der Waals surface area contributed by atoms with Crippen LogP contribution >= 0.6 is 0 Å². The molecule has 0 atom stereocenters. The van der Waals surface area contributed by atoms with Crippen molar-refractivity contribution >= 4 is 17.3 Å². The summed E-state index contributed by atoms with van der Waals surface area (Å²) in [6, 6.07) is 10.8. The Balaban J connectivity index is 2.20. The lowest BCUT2D eigenvalue weighted by molar-refractivity contribution is -0.715. The van der Waals surface area contributed by atoms with Gasteiger partial charge in [-0.05, 0) is 44.0 Å². The zero-order chi connectivity index (χ0) is 20.0. The average Bonchev–Trinajstić information content (AvgIpc) is 2.59. The first-order chi connectivity index (χ1) is 12.7. The molecule has 2 N–H and O–H groups in total. The number of amides is 1. The molecule has 0 unspecified atom stereocenters. The summed E-state index contributed by atoms with van der Waals surface area (Å²) in [5, 5.41) is 23.1. The lowest BCUT2D eigenvalue weighted by Gasteiger charge is -2.24. The summed E-state index contributed by atoms with van der Waals surface area (Å²) in [7, 11) is 0. The number of ether oxygens (including phenoxy) is 2. The third-order valence-corrected chi connectivity index (χ3v) is 3.48. The lowest BCUT2D eigenvalue weighted by atomic mass is 10.1. The number of rotatable bonds is 8. The first-order valence-electron chi connectivity index (χ1n) is 8.82. The summed E-state index contributed by atoms with van der Waals surface area (Å²) >= 11 is 0. The molecule has 0 aliphatic rings. The summed E-state index contributed by atoms with van der Waals surface area (Å²) in [4.78, 5) is 12.6. The van der Waals surface area contributed by atoms with E-state index in [0.29, 0.717) is 35.3 Å². The number of hydrogen-bond donors (Lipinski definition) is 2. The van der Waals surface area contributed by atoms with Gasteiger partial charge in [-0.1, -0.05) is 13.8 Å². The minimum atomic E-state index is -1.27. The molecule has 0 spiro atoms. The molecule has 0 bridgehead atoms. The Labute approximate surface area is 159 Å². The summed E-state index contributed by atoms with van der Waals surface area (Å²) < 4.78 is 11.5. The topological polar surface area (TPSA) is 98.1 Å². The largest absolute Gasteiger partial charge is 0.628 e. The molecule has 0 saturated carbocycles. The lowest BCUT2D eigenvalue weighted by Crippen LogP contribution is -2.96. The highest BCUT2D eigenvalue weighted by molar-refractivity contribution is 6.04. The molecule has 2 rings (SSSR count). The van der Waals surface area contributed by atoms with E-state index >= 15 is 0 Å². The quantitative estimate of drug-likeness (QED) is 0.692. The van der Waals surface area contributed by atoms with E-state index in [2.05, 4.69) is 5.32 Å². The Kier molecular flexibility index (Phi) is 7.18. The standard InChI is InChI=1S/C20H25N2O5/c1-13(2)12-26-18-9-15(10-19(11-18)27-14(3)4)20(23)21-16-5-7-17(8-6-16)22(24)25/h5-11,13-14,22H,12H2,1-4H3,(H,21,23)/q-1. The predicted molar refractivity (Wildman–Crippen MR) is 104 cm³/mol. The van der Waals surface area contributed by atoms with E-state index in [1.807, 2.05) is 27.7 Å². The normalized spacial score (nSPS) is 11.1. The molecule has 0 aliphatic carbocycles. The molecule has 7 nitrogen and oxygen atoms in total. The van der Waals surface area contributed by atoms with Gasteiger partial charge in [-0.2, -0.15) is 0 Å². The molecule has 1 amide bonds. The minimum Gasteiger partial charge on any atom is -0.628 e. The van der Waals surface area contributed by atoms with Crippen molar-refractivity contribution in [2.24, 2.45) is 5.92 Å². The fourth-order valence-electron chi connectivity index (χ4n) is 2.28. The third kappa shape index (κ3) is 6.56. The fraction of sp³-hybridized carbons (Fsp3) is 0.350. The van der Waals surface area contributed by atoms with Gasteiger partial charge in [-0.15, -0.1) is 0 Å². The summed E-state index contributed by atoms with van der Waals surface area (Å²) in [6.07, 6.45) is -0.0431. The van der Waals surface area contributed by atoms with Crippen LogP contribution in [0.1, 0.15) is 38.1 Å². The molecular formula is C20H25N2O5-. The van der Waals surface area contributed by atoms with Gasteiger partial charge in [0.15, 0.2) is 0 Å². The van der Waals surface area contributed by atoms with E-state index in [1.165, 1.54) is 24.3 Å². The third-order valence-electron chi connectivity index (χ3n) is 3.48. The number of quaternary nitrogens is 1. The molecule has 0 aromatic heterocycles. The van der Waals surface area contributed by atoms with E-state index in [0.717, 1.165) is 0 Å². The van der Waals surface area contributed by atoms with Crippen LogP contribution in [0, 0.1) is 16.3 Å². The number of benzene rings is 2. The average molecular weight is 373 g/mol. The maximum Gasteiger partial charge on any atom is 0.255 e. The van der Waals surface area contributed by atoms with E-state index in [-0.39, 0.29) is 17.7 Å². The van der Waals surface area contributed by atoms with Gasteiger partial charge in [0.2, 0.25) is 0 Å². The van der Waals surface area contributed by atoms with Gasteiger partial charge >= 0.3 is 0 Å². The first-order valence-corrected chi connectivity index (χ1v) is 8.82. The number of carbonyl (C=O) groups is 1. The zero-order valence-electron chi connectivity index (χ0n) is 15.9. The smallest absolute Gasteiger partial charge is 0.255 e. The molecular weight excluding hydrogens is 348 g/mol. The Bertz CT molecular complexity index is 757. The van der Waals surface area contributed by atoms with Crippen LogP contribution in [-0.4, -0.2) is 18.6 Å². The molecule has 0 fully saturated rings. The molecule has 2 aromatic rings. The van der Waals surface area contributed by atoms with Crippen LogP contribution < -0.4 is 20.0 Å². The van der Waals surface area contributed by atoms with Gasteiger partial charge < -0.3 is 30.4 Å². The van der Waals surface area contributed by atoms with E-state index < -0.39 is 5.23 Å². The Hall–Kier alpha value is -2.61. The molecule has 27 heavy (non-hydrogen) atoms. The SMILES string of the molecule is CC(C)COc1cc(OC(C)C)cc(C(=O)Nc2ccc([NH+]([O-])[O-])cc2)c1. The zero-order valence-corrected chi connectivity index (χ0v) is 15.9. The van der Waals surface area contributed by atoms with Crippen LogP contribution in [0.4, 0.5) is 11.4 Å². The van der Waals surface area contributed by atoms with Gasteiger partial charge in [-0.3, -0.25) is 4.79 Å². The van der Waals surface area contributed by atoms with Crippen LogP contribution in [0.2, 0.25) is 0 Å². The Morgan fingerprint density at radius 2 is 1.67 bits per heavy atom.